The van der Waals surface area contributed by atoms with Crippen LogP contribution in [0.1, 0.15) is 23.0 Å². The molecule has 2 heterocycles. The number of nitrogens with zero attached hydrogens (tertiary/aromatic N) is 2. The van der Waals surface area contributed by atoms with Crippen LogP contribution in [0.15, 0.2) is 89.3 Å². The number of carbonyl (C=O) groups is 2. The molecule has 0 spiro atoms. The lowest BCUT2D eigenvalue weighted by Gasteiger charge is -2.37. The van der Waals surface area contributed by atoms with E-state index in [9.17, 15) is 9.59 Å². The van der Waals surface area contributed by atoms with Gasteiger partial charge < -0.3 is 23.7 Å². The van der Waals surface area contributed by atoms with Crippen molar-refractivity contribution in [1.29, 1.82) is 0 Å². The quantitative estimate of drug-likeness (QED) is 0.347. The van der Waals surface area contributed by atoms with E-state index in [4.69, 9.17) is 13.9 Å². The maximum absolute atomic E-state index is 13.1. The molecule has 0 aliphatic carbocycles. The first-order valence-electron chi connectivity index (χ1n) is 12.1. The van der Waals surface area contributed by atoms with E-state index in [1.807, 2.05) is 66.7 Å². The van der Waals surface area contributed by atoms with Crippen LogP contribution in [0, 0.1) is 0 Å². The van der Waals surface area contributed by atoms with Gasteiger partial charge in [0.1, 0.15) is 17.9 Å². The molecule has 36 heavy (non-hydrogen) atoms. The van der Waals surface area contributed by atoms with Crippen molar-refractivity contribution in [2.24, 2.45) is 0 Å². The predicted octanol–water partition coefficient (Wildman–Crippen LogP) is 4.91. The zero-order valence-electron chi connectivity index (χ0n) is 20.1. The molecule has 0 saturated carbocycles. The van der Waals surface area contributed by atoms with Gasteiger partial charge in [-0.2, -0.15) is 0 Å². The Morgan fingerprint density at radius 2 is 1.50 bits per heavy atom. The predicted molar refractivity (Wildman–Crippen MR) is 137 cm³/mol. The summed E-state index contributed by atoms with van der Waals surface area (Å²) in [6.45, 7) is 4.32. The van der Waals surface area contributed by atoms with Gasteiger partial charge in [-0.15, -0.1) is 0 Å². The highest BCUT2D eigenvalue weighted by atomic mass is 16.6. The molecule has 0 radical (unpaired) electrons. The summed E-state index contributed by atoms with van der Waals surface area (Å²) in [5.41, 5.74) is 2.29. The van der Waals surface area contributed by atoms with Gasteiger partial charge in [0.2, 0.25) is 5.76 Å². The van der Waals surface area contributed by atoms with Crippen LogP contribution >= 0.6 is 0 Å². The molecule has 1 atom stereocenters. The molecule has 3 aromatic carbocycles. The molecule has 184 valence electrons. The molecule has 1 aromatic heterocycles. The highest BCUT2D eigenvalue weighted by molar-refractivity contribution is 5.97. The maximum Gasteiger partial charge on any atom is 0.375 e. The molecule has 5 rings (SSSR count). The summed E-state index contributed by atoms with van der Waals surface area (Å²) in [5, 5.41) is 0.774. The van der Waals surface area contributed by atoms with Gasteiger partial charge in [0.25, 0.3) is 5.91 Å². The van der Waals surface area contributed by atoms with Crippen LogP contribution in [0.25, 0.3) is 11.0 Å². The minimum atomic E-state index is -0.933. The lowest BCUT2D eigenvalue weighted by molar-refractivity contribution is -0.140. The molecule has 1 unspecified atom stereocenters. The van der Waals surface area contributed by atoms with Crippen LogP contribution < -0.4 is 9.64 Å². The summed E-state index contributed by atoms with van der Waals surface area (Å²) in [7, 11) is 0. The number of rotatable bonds is 7. The molecule has 0 bridgehead atoms. The third kappa shape index (κ3) is 5.05. The Balaban J connectivity index is 1.25. The van der Waals surface area contributed by atoms with Gasteiger partial charge in [-0.1, -0.05) is 54.6 Å². The molecule has 1 amide bonds. The SMILES string of the molecule is CC(OC(=O)c1oc2ccccc2c1COc1ccccc1)C(=O)N1CCN(c2ccccc2)CC1. The number of anilines is 1. The zero-order valence-corrected chi connectivity index (χ0v) is 20.1. The highest BCUT2D eigenvalue weighted by Crippen LogP contribution is 2.28. The van der Waals surface area contributed by atoms with E-state index < -0.39 is 12.1 Å². The third-order valence-corrected chi connectivity index (χ3v) is 6.35. The Hall–Kier alpha value is -4.26. The first-order chi connectivity index (χ1) is 17.6. The minimum absolute atomic E-state index is 0.0562. The molecule has 0 N–H and O–H groups in total. The number of furan rings is 1. The molecule has 1 saturated heterocycles. The lowest BCUT2D eigenvalue weighted by atomic mass is 10.1. The summed E-state index contributed by atoms with van der Waals surface area (Å²) in [6.07, 6.45) is -0.933. The zero-order chi connectivity index (χ0) is 24.9. The number of hydrogen-bond acceptors (Lipinski definition) is 6. The Kier molecular flexibility index (Phi) is 6.89. The lowest BCUT2D eigenvalue weighted by Crippen LogP contribution is -2.51. The van der Waals surface area contributed by atoms with E-state index in [1.54, 1.807) is 17.9 Å². The Bertz CT molecular complexity index is 1330. The van der Waals surface area contributed by atoms with Gasteiger partial charge in [-0.05, 0) is 37.3 Å². The molecular formula is C29H28N2O5. The average Bonchev–Trinajstić information content (AvgIpc) is 3.31. The van der Waals surface area contributed by atoms with Gasteiger partial charge in [0, 0.05) is 37.3 Å². The molecule has 4 aromatic rings. The molecule has 7 heteroatoms. The van der Waals surface area contributed by atoms with Crippen molar-refractivity contribution in [1.82, 2.24) is 4.90 Å². The summed E-state index contributed by atoms with van der Waals surface area (Å²) >= 11 is 0. The molecule has 1 aliphatic heterocycles. The maximum atomic E-state index is 13.1. The van der Waals surface area contributed by atoms with Crippen molar-refractivity contribution in [2.75, 3.05) is 31.1 Å². The van der Waals surface area contributed by atoms with Gasteiger partial charge in [-0.25, -0.2) is 4.79 Å². The van der Waals surface area contributed by atoms with E-state index in [-0.39, 0.29) is 18.3 Å². The smallest absolute Gasteiger partial charge is 0.375 e. The molecule has 1 aliphatic rings. The number of benzene rings is 3. The first kappa shape index (κ1) is 23.5. The van der Waals surface area contributed by atoms with Crippen molar-refractivity contribution in [2.45, 2.75) is 19.6 Å². The average molecular weight is 485 g/mol. The summed E-state index contributed by atoms with van der Waals surface area (Å²) in [4.78, 5) is 30.2. The number of piperazine rings is 1. The first-order valence-corrected chi connectivity index (χ1v) is 12.1. The summed E-state index contributed by atoms with van der Waals surface area (Å²) < 4.78 is 17.3. The number of para-hydroxylation sites is 3. The number of amides is 1. The highest BCUT2D eigenvalue weighted by Gasteiger charge is 2.30. The summed E-state index contributed by atoms with van der Waals surface area (Å²) in [6, 6.07) is 26.9. The topological polar surface area (TPSA) is 72.2 Å². The second-order valence-corrected chi connectivity index (χ2v) is 8.70. The van der Waals surface area contributed by atoms with E-state index >= 15 is 0 Å². The van der Waals surface area contributed by atoms with Gasteiger partial charge in [-0.3, -0.25) is 4.79 Å². The van der Waals surface area contributed by atoms with Gasteiger partial charge in [0.15, 0.2) is 6.10 Å². The van der Waals surface area contributed by atoms with Crippen LogP contribution in [0.2, 0.25) is 0 Å². The number of ether oxygens (including phenoxy) is 2. The standard InChI is InChI=1S/C29H28N2O5/c1-21(28(32)31-18-16-30(17-19-31)22-10-4-2-5-11-22)35-29(33)27-25(20-34-23-12-6-3-7-13-23)24-14-8-9-15-26(24)36-27/h2-15,21H,16-20H2,1H3. The molecule has 7 nitrogen and oxygen atoms in total. The minimum Gasteiger partial charge on any atom is -0.489 e. The van der Waals surface area contributed by atoms with Crippen molar-refractivity contribution in [3.05, 3.63) is 96.3 Å². The van der Waals surface area contributed by atoms with Gasteiger partial charge >= 0.3 is 5.97 Å². The summed E-state index contributed by atoms with van der Waals surface area (Å²) in [5.74, 6) is -0.156. The van der Waals surface area contributed by atoms with Crippen molar-refractivity contribution < 1.29 is 23.5 Å². The molecular weight excluding hydrogens is 456 g/mol. The van der Waals surface area contributed by atoms with Crippen LogP contribution in [0.3, 0.4) is 0 Å². The van der Waals surface area contributed by atoms with Crippen molar-refractivity contribution in [3.8, 4) is 5.75 Å². The second kappa shape index (κ2) is 10.6. The second-order valence-electron chi connectivity index (χ2n) is 8.70. The van der Waals surface area contributed by atoms with Gasteiger partial charge in [0.05, 0.1) is 5.56 Å². The van der Waals surface area contributed by atoms with E-state index in [1.165, 1.54) is 0 Å². The van der Waals surface area contributed by atoms with E-state index in [0.717, 1.165) is 24.2 Å². The Morgan fingerprint density at radius 3 is 2.22 bits per heavy atom. The normalized spacial score (nSPS) is 14.5. The van der Waals surface area contributed by atoms with Crippen LogP contribution in [-0.2, 0) is 16.1 Å². The third-order valence-electron chi connectivity index (χ3n) is 6.35. The largest absolute Gasteiger partial charge is 0.489 e. The number of carbonyl (C=O) groups excluding carboxylic acids is 2. The number of esters is 1. The molecule has 1 fully saturated rings. The number of fused-ring (bicyclic) bond motifs is 1. The van der Waals surface area contributed by atoms with Crippen LogP contribution in [-0.4, -0.2) is 49.1 Å². The fourth-order valence-corrected chi connectivity index (χ4v) is 4.42. The van der Waals surface area contributed by atoms with E-state index in [0.29, 0.717) is 30.0 Å². The number of hydrogen-bond donors (Lipinski definition) is 0. The van der Waals surface area contributed by atoms with Crippen molar-refractivity contribution >= 4 is 28.5 Å². The monoisotopic (exact) mass is 484 g/mol. The Labute approximate surface area is 209 Å². The fraction of sp³-hybridized carbons (Fsp3) is 0.241. The Morgan fingerprint density at radius 1 is 0.861 bits per heavy atom. The van der Waals surface area contributed by atoms with Crippen LogP contribution in [0.5, 0.6) is 5.75 Å². The van der Waals surface area contributed by atoms with E-state index in [2.05, 4.69) is 17.0 Å². The van der Waals surface area contributed by atoms with Crippen LogP contribution in [0.4, 0.5) is 5.69 Å². The van der Waals surface area contributed by atoms with Crippen molar-refractivity contribution in [3.63, 3.8) is 0 Å². The fourth-order valence-electron chi connectivity index (χ4n) is 4.42.